The quantitative estimate of drug-likeness (QED) is 0.840. The summed E-state index contributed by atoms with van der Waals surface area (Å²) >= 11 is 0. The maximum Gasteiger partial charge on any atom is 0.0538 e. The summed E-state index contributed by atoms with van der Waals surface area (Å²) in [5.74, 6) is 1.76. The number of aromatic nitrogens is 2. The third-order valence-electron chi connectivity index (χ3n) is 4.09. The van der Waals surface area contributed by atoms with Crippen molar-refractivity contribution in [3.05, 3.63) is 18.0 Å². The van der Waals surface area contributed by atoms with Crippen LogP contribution >= 0.6 is 0 Å². The minimum Gasteiger partial charge on any atom is -0.329 e. The molecular weight excluding hydrogens is 224 g/mol. The molecule has 1 aromatic heterocycles. The Morgan fingerprint density at radius 3 is 2.67 bits per heavy atom. The number of nitrogens with two attached hydrogens (primary N) is 1. The molecule has 3 unspecified atom stereocenters. The zero-order valence-corrected chi connectivity index (χ0v) is 12.0. The Morgan fingerprint density at radius 1 is 1.56 bits per heavy atom. The summed E-state index contributed by atoms with van der Waals surface area (Å²) in [6.07, 6.45) is 5.46. The van der Waals surface area contributed by atoms with Crippen molar-refractivity contribution >= 4 is 0 Å². The van der Waals surface area contributed by atoms with Gasteiger partial charge in [0.05, 0.1) is 6.20 Å². The van der Waals surface area contributed by atoms with Crippen molar-refractivity contribution < 1.29 is 0 Å². The van der Waals surface area contributed by atoms with Gasteiger partial charge in [0.15, 0.2) is 0 Å². The second-order valence-corrected chi connectivity index (χ2v) is 6.01. The minimum atomic E-state index is 0.297. The molecule has 3 atom stereocenters. The highest BCUT2D eigenvalue weighted by Crippen LogP contribution is 2.39. The first-order chi connectivity index (χ1) is 8.52. The Kier molecular flexibility index (Phi) is 4.07. The van der Waals surface area contributed by atoms with Crippen LogP contribution in [0.3, 0.4) is 0 Å². The molecule has 0 saturated heterocycles. The lowest BCUT2D eigenvalue weighted by Gasteiger charge is -2.26. The highest BCUT2D eigenvalue weighted by Gasteiger charge is 2.34. The van der Waals surface area contributed by atoms with Crippen molar-refractivity contribution in [3.63, 3.8) is 0 Å². The van der Waals surface area contributed by atoms with E-state index in [-0.39, 0.29) is 0 Å². The van der Waals surface area contributed by atoms with Crippen LogP contribution in [0.25, 0.3) is 0 Å². The van der Waals surface area contributed by atoms with Crippen LogP contribution in [0.2, 0.25) is 0 Å². The molecule has 4 nitrogen and oxygen atoms in total. The SMILES string of the molecule is CC1CC1CN(C)C(CN)c1cnn(C(C)C)c1. The molecule has 1 heterocycles. The summed E-state index contributed by atoms with van der Waals surface area (Å²) in [7, 11) is 2.18. The molecule has 2 N–H and O–H groups in total. The maximum atomic E-state index is 5.94. The minimum absolute atomic E-state index is 0.297. The molecule has 0 amide bonds. The average Bonchev–Trinajstić information content (AvgIpc) is 2.81. The fourth-order valence-electron chi connectivity index (χ4n) is 2.53. The van der Waals surface area contributed by atoms with E-state index in [1.807, 2.05) is 10.9 Å². The second-order valence-electron chi connectivity index (χ2n) is 6.01. The fraction of sp³-hybridized carbons (Fsp3) is 0.786. The van der Waals surface area contributed by atoms with E-state index in [0.29, 0.717) is 18.6 Å². The smallest absolute Gasteiger partial charge is 0.0538 e. The van der Waals surface area contributed by atoms with Crippen LogP contribution in [0, 0.1) is 11.8 Å². The van der Waals surface area contributed by atoms with Crippen LogP contribution in [0.1, 0.15) is 44.8 Å². The number of nitrogens with zero attached hydrogens (tertiary/aromatic N) is 3. The van der Waals surface area contributed by atoms with Gasteiger partial charge in [0.2, 0.25) is 0 Å². The molecule has 0 radical (unpaired) electrons. The lowest BCUT2D eigenvalue weighted by atomic mass is 10.1. The van der Waals surface area contributed by atoms with E-state index in [1.54, 1.807) is 0 Å². The number of rotatable bonds is 6. The Bertz CT molecular complexity index is 385. The van der Waals surface area contributed by atoms with Crippen molar-refractivity contribution in [2.45, 2.75) is 39.3 Å². The van der Waals surface area contributed by atoms with Crippen LogP contribution in [-0.2, 0) is 0 Å². The molecule has 102 valence electrons. The van der Waals surface area contributed by atoms with Gasteiger partial charge < -0.3 is 5.73 Å². The molecule has 0 spiro atoms. The van der Waals surface area contributed by atoms with Gasteiger partial charge in [-0.25, -0.2) is 0 Å². The molecule has 1 fully saturated rings. The summed E-state index contributed by atoms with van der Waals surface area (Å²) in [6.45, 7) is 8.41. The van der Waals surface area contributed by atoms with Crippen LogP contribution in [0.5, 0.6) is 0 Å². The lowest BCUT2D eigenvalue weighted by molar-refractivity contribution is 0.236. The molecule has 1 aromatic rings. The molecule has 0 aromatic carbocycles. The fourth-order valence-corrected chi connectivity index (χ4v) is 2.53. The summed E-state index contributed by atoms with van der Waals surface area (Å²) in [5, 5.41) is 4.41. The van der Waals surface area contributed by atoms with Crippen molar-refractivity contribution in [2.75, 3.05) is 20.1 Å². The topological polar surface area (TPSA) is 47.1 Å². The lowest BCUT2D eigenvalue weighted by Crippen LogP contribution is -2.32. The number of hydrogen-bond acceptors (Lipinski definition) is 3. The highest BCUT2D eigenvalue weighted by atomic mass is 15.3. The van der Waals surface area contributed by atoms with E-state index in [9.17, 15) is 0 Å². The van der Waals surface area contributed by atoms with Crippen molar-refractivity contribution in [2.24, 2.45) is 17.6 Å². The van der Waals surface area contributed by atoms with Gasteiger partial charge >= 0.3 is 0 Å². The van der Waals surface area contributed by atoms with Gasteiger partial charge in [0.1, 0.15) is 0 Å². The molecule has 1 saturated carbocycles. The first-order valence-electron chi connectivity index (χ1n) is 6.97. The van der Waals surface area contributed by atoms with E-state index in [2.05, 4.69) is 44.0 Å². The summed E-state index contributed by atoms with van der Waals surface area (Å²) in [6, 6.07) is 0.705. The first kappa shape index (κ1) is 13.6. The predicted octanol–water partition coefficient (Wildman–Crippen LogP) is 2.05. The van der Waals surface area contributed by atoms with Gasteiger partial charge in [-0.05, 0) is 39.2 Å². The second kappa shape index (κ2) is 5.41. The Hall–Kier alpha value is -0.870. The zero-order chi connectivity index (χ0) is 13.3. The molecular formula is C14H26N4. The van der Waals surface area contributed by atoms with Crippen LogP contribution in [0.15, 0.2) is 12.4 Å². The van der Waals surface area contributed by atoms with Gasteiger partial charge in [0, 0.05) is 36.9 Å². The average molecular weight is 250 g/mol. The monoisotopic (exact) mass is 250 g/mol. The van der Waals surface area contributed by atoms with E-state index >= 15 is 0 Å². The molecule has 2 rings (SSSR count). The van der Waals surface area contributed by atoms with Crippen molar-refractivity contribution in [1.82, 2.24) is 14.7 Å². The first-order valence-corrected chi connectivity index (χ1v) is 6.97. The van der Waals surface area contributed by atoms with Crippen molar-refractivity contribution in [3.8, 4) is 0 Å². The third-order valence-corrected chi connectivity index (χ3v) is 4.09. The molecule has 1 aliphatic rings. The molecule has 18 heavy (non-hydrogen) atoms. The van der Waals surface area contributed by atoms with E-state index < -0.39 is 0 Å². The Morgan fingerprint density at radius 2 is 2.22 bits per heavy atom. The predicted molar refractivity (Wildman–Crippen MR) is 74.3 cm³/mol. The van der Waals surface area contributed by atoms with Crippen LogP contribution in [-0.4, -0.2) is 34.8 Å². The van der Waals surface area contributed by atoms with Gasteiger partial charge in [-0.2, -0.15) is 5.10 Å². The van der Waals surface area contributed by atoms with E-state index in [1.165, 1.54) is 12.0 Å². The summed E-state index contributed by atoms with van der Waals surface area (Å²) in [5.41, 5.74) is 7.18. The standard InChI is InChI=1S/C14H26N4/c1-10(2)18-9-13(7-16-18)14(6-15)17(4)8-12-5-11(12)3/h7,9-12,14H,5-6,8,15H2,1-4H3. The molecule has 0 bridgehead atoms. The number of hydrogen-bond donors (Lipinski definition) is 1. The Labute approximate surface area is 110 Å². The third kappa shape index (κ3) is 2.93. The molecule has 4 heteroatoms. The van der Waals surface area contributed by atoms with Gasteiger partial charge in [-0.15, -0.1) is 0 Å². The molecule has 0 aliphatic heterocycles. The van der Waals surface area contributed by atoms with Crippen molar-refractivity contribution in [1.29, 1.82) is 0 Å². The zero-order valence-electron chi connectivity index (χ0n) is 12.0. The van der Waals surface area contributed by atoms with Gasteiger partial charge in [-0.3, -0.25) is 9.58 Å². The summed E-state index contributed by atoms with van der Waals surface area (Å²) in [4.78, 5) is 2.38. The Balaban J connectivity index is 2.01. The number of likely N-dealkylation sites (N-methyl/N-ethyl adjacent to an activating group) is 1. The van der Waals surface area contributed by atoms with Gasteiger partial charge in [-0.1, -0.05) is 6.92 Å². The largest absolute Gasteiger partial charge is 0.329 e. The highest BCUT2D eigenvalue weighted by molar-refractivity contribution is 5.11. The summed E-state index contributed by atoms with van der Waals surface area (Å²) < 4.78 is 2.01. The molecule has 1 aliphatic carbocycles. The van der Waals surface area contributed by atoms with Crippen LogP contribution in [0.4, 0.5) is 0 Å². The van der Waals surface area contributed by atoms with Crippen LogP contribution < -0.4 is 5.73 Å². The van der Waals surface area contributed by atoms with E-state index in [4.69, 9.17) is 5.73 Å². The van der Waals surface area contributed by atoms with E-state index in [0.717, 1.165) is 18.4 Å². The normalized spacial score (nSPS) is 24.8. The van der Waals surface area contributed by atoms with Gasteiger partial charge in [0.25, 0.3) is 0 Å². The maximum absolute atomic E-state index is 5.94.